The van der Waals surface area contributed by atoms with Crippen LogP contribution in [0.25, 0.3) is 61.1 Å². The number of aryl methyl sites for hydroxylation is 2. The van der Waals surface area contributed by atoms with Gasteiger partial charge in [0.1, 0.15) is 11.6 Å². The third kappa shape index (κ3) is 5.35. The highest BCUT2D eigenvalue weighted by atomic mass is 15.0. The lowest BCUT2D eigenvalue weighted by atomic mass is 9.98. The summed E-state index contributed by atoms with van der Waals surface area (Å²) >= 11 is 0. The summed E-state index contributed by atoms with van der Waals surface area (Å²) in [6, 6.07) is 38.5. The van der Waals surface area contributed by atoms with Crippen LogP contribution in [0.1, 0.15) is 39.5 Å². The molecule has 0 spiro atoms. The summed E-state index contributed by atoms with van der Waals surface area (Å²) in [5, 5.41) is 50.5. The molecule has 9 heteroatoms. The van der Waals surface area contributed by atoms with Crippen LogP contribution in [0.3, 0.4) is 0 Å². The van der Waals surface area contributed by atoms with Crippen LogP contribution in [-0.2, 0) is 0 Å². The van der Waals surface area contributed by atoms with E-state index in [2.05, 4.69) is 49.9 Å². The average molecular weight is 628 g/mol. The number of benzene rings is 5. The van der Waals surface area contributed by atoms with Gasteiger partial charge in [-0.3, -0.25) is 0 Å². The number of fused-ring (bicyclic) bond motifs is 3. The van der Waals surface area contributed by atoms with Gasteiger partial charge >= 0.3 is 0 Å². The van der Waals surface area contributed by atoms with Crippen LogP contribution < -0.4 is 0 Å². The van der Waals surface area contributed by atoms with E-state index in [1.807, 2.05) is 48.5 Å². The highest BCUT2D eigenvalue weighted by molar-refractivity contribution is 6.11. The Morgan fingerprint density at radius 1 is 0.469 bits per heavy atom. The first kappa shape index (κ1) is 30.0. The van der Waals surface area contributed by atoms with E-state index in [4.69, 9.17) is 0 Å². The fraction of sp³-hybridized carbons (Fsp3) is 0.0500. The molecule has 0 fully saturated rings. The van der Waals surface area contributed by atoms with Gasteiger partial charge in [-0.15, -0.1) is 0 Å². The van der Waals surface area contributed by atoms with Gasteiger partial charge in [0.15, 0.2) is 5.82 Å². The van der Waals surface area contributed by atoms with E-state index < -0.39 is 0 Å². The molecule has 9 nitrogen and oxygen atoms in total. The minimum Gasteiger partial charge on any atom is -0.309 e. The van der Waals surface area contributed by atoms with Gasteiger partial charge in [0, 0.05) is 22.0 Å². The zero-order chi connectivity index (χ0) is 34.2. The maximum absolute atomic E-state index is 10.1. The van der Waals surface area contributed by atoms with Crippen molar-refractivity contribution in [1.82, 2.24) is 19.5 Å². The van der Waals surface area contributed by atoms with Crippen molar-refractivity contribution in [3.8, 4) is 69.7 Å². The first-order valence-electron chi connectivity index (χ1n) is 15.1. The lowest BCUT2D eigenvalue weighted by molar-refractivity contribution is 0.927. The molecule has 0 bridgehead atoms. The van der Waals surface area contributed by atoms with Crippen LogP contribution in [0.2, 0.25) is 0 Å². The third-order valence-corrected chi connectivity index (χ3v) is 8.30. The molecular weight excluding hydrogens is 607 g/mol. The molecule has 7 rings (SSSR count). The van der Waals surface area contributed by atoms with Crippen molar-refractivity contribution in [1.29, 1.82) is 26.3 Å². The minimum atomic E-state index is 0.385. The highest BCUT2D eigenvalue weighted by Gasteiger charge is 2.18. The number of nitriles is 5. The molecule has 0 N–H and O–H groups in total. The second-order valence-corrected chi connectivity index (χ2v) is 11.4. The third-order valence-electron chi connectivity index (χ3n) is 8.30. The molecule has 0 atom stereocenters. The molecule has 0 amide bonds. The Balaban J connectivity index is 1.55. The van der Waals surface area contributed by atoms with Gasteiger partial charge < -0.3 is 4.57 Å². The van der Waals surface area contributed by atoms with Gasteiger partial charge in [-0.1, -0.05) is 24.3 Å². The molecule has 49 heavy (non-hydrogen) atoms. The number of nitrogens with zero attached hydrogens (tertiary/aromatic N) is 9. The van der Waals surface area contributed by atoms with Gasteiger partial charge in [0.2, 0.25) is 0 Å². The normalized spacial score (nSPS) is 10.6. The summed E-state index contributed by atoms with van der Waals surface area (Å²) in [4.78, 5) is 13.4. The number of rotatable bonds is 4. The second-order valence-electron chi connectivity index (χ2n) is 11.4. The number of aromatic nitrogens is 4. The minimum absolute atomic E-state index is 0.385. The van der Waals surface area contributed by atoms with Gasteiger partial charge in [0.25, 0.3) is 0 Å². The first-order valence-corrected chi connectivity index (χ1v) is 15.1. The zero-order valence-corrected chi connectivity index (χ0v) is 26.2. The molecule has 0 unspecified atom stereocenters. The van der Waals surface area contributed by atoms with Crippen LogP contribution in [0.5, 0.6) is 0 Å². The molecule has 2 aromatic heterocycles. The topological polar surface area (TPSA) is 163 Å². The van der Waals surface area contributed by atoms with Crippen molar-refractivity contribution in [3.63, 3.8) is 0 Å². The van der Waals surface area contributed by atoms with Crippen LogP contribution in [0, 0.1) is 70.5 Å². The van der Waals surface area contributed by atoms with E-state index in [0.717, 1.165) is 49.7 Å². The average Bonchev–Trinajstić information content (AvgIpc) is 3.46. The molecule has 0 aliphatic carbocycles. The van der Waals surface area contributed by atoms with Gasteiger partial charge in [-0.2, -0.15) is 26.3 Å². The Morgan fingerprint density at radius 3 is 1.37 bits per heavy atom. The van der Waals surface area contributed by atoms with Crippen LogP contribution in [0.4, 0.5) is 0 Å². The smallest absolute Gasteiger partial charge is 0.164 e. The first-order chi connectivity index (χ1) is 23.8. The van der Waals surface area contributed by atoms with Crippen LogP contribution in [0.15, 0.2) is 91.0 Å². The lowest BCUT2D eigenvalue weighted by Crippen LogP contribution is -2.02. The van der Waals surface area contributed by atoms with Crippen molar-refractivity contribution in [2.75, 3.05) is 0 Å². The predicted octanol–water partition coefficient (Wildman–Crippen LogP) is 7.94. The van der Waals surface area contributed by atoms with E-state index in [9.17, 15) is 26.3 Å². The molecule has 0 aliphatic rings. The summed E-state index contributed by atoms with van der Waals surface area (Å²) in [7, 11) is 0. The Hall–Kier alpha value is -7.64. The van der Waals surface area contributed by atoms with E-state index in [1.54, 1.807) is 56.3 Å². The summed E-state index contributed by atoms with van der Waals surface area (Å²) < 4.78 is 2.09. The van der Waals surface area contributed by atoms with Crippen LogP contribution >= 0.6 is 0 Å². The Bertz CT molecular complexity index is 2540. The second kappa shape index (κ2) is 11.9. The highest BCUT2D eigenvalue weighted by Crippen LogP contribution is 2.38. The zero-order valence-electron chi connectivity index (χ0n) is 26.2. The largest absolute Gasteiger partial charge is 0.309 e. The van der Waals surface area contributed by atoms with Crippen molar-refractivity contribution < 1.29 is 0 Å². The molecule has 226 valence electrons. The number of hydrogen-bond acceptors (Lipinski definition) is 8. The SMILES string of the molecule is Cc1nc(C)nc(-c2cc(-n3c4cc(-c5cc(C#N)cc(C#N)c5)ccc4c4ccc(-c5cc(C#N)cc(C#N)c5)cc43)ccc2C#N)n1. The molecule has 0 saturated heterocycles. The van der Waals surface area contributed by atoms with E-state index in [0.29, 0.717) is 50.9 Å². The van der Waals surface area contributed by atoms with E-state index in [-0.39, 0.29) is 0 Å². The number of hydrogen-bond donors (Lipinski definition) is 0. The summed E-state index contributed by atoms with van der Waals surface area (Å²) in [6.07, 6.45) is 0. The van der Waals surface area contributed by atoms with Crippen molar-refractivity contribution in [2.24, 2.45) is 0 Å². The van der Waals surface area contributed by atoms with Crippen molar-refractivity contribution in [2.45, 2.75) is 13.8 Å². The maximum Gasteiger partial charge on any atom is 0.164 e. The quantitative estimate of drug-likeness (QED) is 0.190. The molecule has 0 saturated carbocycles. The monoisotopic (exact) mass is 627 g/mol. The molecule has 5 aromatic carbocycles. The van der Waals surface area contributed by atoms with Gasteiger partial charge in [0.05, 0.1) is 69.2 Å². The van der Waals surface area contributed by atoms with Crippen LogP contribution in [-0.4, -0.2) is 19.5 Å². The standard InChI is InChI=1S/C40H21N9/c1-23-46-24(2)48-40(47-23)37-17-34(6-3-31(37)22-45)49-38-15-29(32-11-25(18-41)9-26(12-32)19-42)4-7-35(38)36-8-5-30(16-39(36)49)33-13-27(20-43)10-28(14-33)21-44/h3-17H,1-2H3. The predicted molar refractivity (Wildman–Crippen MR) is 184 cm³/mol. The Morgan fingerprint density at radius 2 is 0.939 bits per heavy atom. The molecule has 0 aliphatic heterocycles. The molecule has 7 aromatic rings. The maximum atomic E-state index is 10.1. The fourth-order valence-corrected chi connectivity index (χ4v) is 6.19. The molecule has 0 radical (unpaired) electrons. The Labute approximate surface area is 281 Å². The lowest BCUT2D eigenvalue weighted by Gasteiger charge is -2.13. The molecule has 2 heterocycles. The summed E-state index contributed by atoms with van der Waals surface area (Å²) in [5.41, 5.74) is 7.99. The summed E-state index contributed by atoms with van der Waals surface area (Å²) in [6.45, 7) is 3.56. The molecular formula is C40H21N9. The summed E-state index contributed by atoms with van der Waals surface area (Å²) in [5.74, 6) is 1.46. The van der Waals surface area contributed by atoms with E-state index in [1.165, 1.54) is 0 Å². The fourth-order valence-electron chi connectivity index (χ4n) is 6.19. The van der Waals surface area contributed by atoms with Crippen molar-refractivity contribution in [3.05, 3.63) is 130 Å². The van der Waals surface area contributed by atoms with Gasteiger partial charge in [-0.25, -0.2) is 15.0 Å². The van der Waals surface area contributed by atoms with Crippen molar-refractivity contribution >= 4 is 21.8 Å². The van der Waals surface area contributed by atoms with Gasteiger partial charge in [-0.05, 0) is 103 Å². The Kier molecular flexibility index (Phi) is 7.32. The van der Waals surface area contributed by atoms with E-state index >= 15 is 0 Å².